The van der Waals surface area contributed by atoms with Crippen molar-refractivity contribution in [2.45, 2.75) is 39.5 Å². The summed E-state index contributed by atoms with van der Waals surface area (Å²) in [6.07, 6.45) is 2.56. The van der Waals surface area contributed by atoms with Crippen molar-refractivity contribution in [2.75, 3.05) is 0 Å². The zero-order chi connectivity index (χ0) is 26.1. The molecule has 0 unspecified atom stereocenters. The molecule has 188 valence electrons. The Morgan fingerprint density at radius 3 is 2.49 bits per heavy atom. The quantitative estimate of drug-likeness (QED) is 0.284. The first-order chi connectivity index (χ1) is 17.8. The molecule has 0 aliphatic rings. The molecule has 0 spiro atoms. The highest BCUT2D eigenvalue weighted by Crippen LogP contribution is 2.27. The Hall–Kier alpha value is -4.33. The normalized spacial score (nSPS) is 11.4. The number of fused-ring (bicyclic) bond motifs is 1. The lowest BCUT2D eigenvalue weighted by Gasteiger charge is -2.10. The average molecular weight is 502 g/mol. The average Bonchev–Trinajstić information content (AvgIpc) is 3.41. The van der Waals surface area contributed by atoms with Crippen molar-refractivity contribution in [3.05, 3.63) is 112 Å². The van der Waals surface area contributed by atoms with Crippen LogP contribution in [0.4, 0.5) is 8.78 Å². The molecule has 3 heterocycles. The summed E-state index contributed by atoms with van der Waals surface area (Å²) in [5.41, 5.74) is 4.41. The van der Waals surface area contributed by atoms with E-state index in [0.717, 1.165) is 29.4 Å². The minimum Gasteiger partial charge on any atom is -0.481 e. The van der Waals surface area contributed by atoms with E-state index in [1.54, 1.807) is 10.6 Å². The minimum absolute atomic E-state index is 0.0173. The van der Waals surface area contributed by atoms with Crippen LogP contribution in [0.2, 0.25) is 0 Å². The maximum atomic E-state index is 14.6. The molecular formula is C29H25F2N3O3. The monoisotopic (exact) mass is 501 g/mol. The molecule has 0 saturated carbocycles. The van der Waals surface area contributed by atoms with Gasteiger partial charge in [-0.3, -0.25) is 9.20 Å². The minimum atomic E-state index is -1.01. The van der Waals surface area contributed by atoms with Crippen LogP contribution < -0.4 is 0 Å². The van der Waals surface area contributed by atoms with Gasteiger partial charge in [0.15, 0.2) is 17.3 Å². The molecule has 0 aliphatic carbocycles. The fraction of sp³-hybridized carbons (Fsp3) is 0.207. The summed E-state index contributed by atoms with van der Waals surface area (Å²) < 4.78 is 36.2. The van der Waals surface area contributed by atoms with E-state index in [1.807, 2.05) is 50.2 Å². The van der Waals surface area contributed by atoms with Crippen molar-refractivity contribution in [3.63, 3.8) is 0 Å². The molecule has 5 rings (SSSR count). The molecule has 0 radical (unpaired) electrons. The van der Waals surface area contributed by atoms with E-state index in [-0.39, 0.29) is 18.4 Å². The van der Waals surface area contributed by atoms with Crippen molar-refractivity contribution < 1.29 is 23.1 Å². The van der Waals surface area contributed by atoms with E-state index in [1.165, 1.54) is 12.1 Å². The number of aryl methyl sites for hydroxylation is 2. The highest BCUT2D eigenvalue weighted by atomic mass is 19.2. The lowest BCUT2D eigenvalue weighted by atomic mass is 10.1. The molecule has 0 bridgehead atoms. The van der Waals surface area contributed by atoms with Gasteiger partial charge in [-0.1, -0.05) is 49.4 Å². The van der Waals surface area contributed by atoms with Gasteiger partial charge < -0.3 is 9.52 Å². The Labute approximate surface area is 212 Å². The predicted molar refractivity (Wildman–Crippen MR) is 135 cm³/mol. The molecule has 3 aromatic heterocycles. The SMILES string of the molecule is CCc1cc(Cc2nc3c(Cc4cccc(F)c4F)nc(-c4ccccc4)cn3c2CC(=O)O)oc1C. The lowest BCUT2D eigenvalue weighted by Crippen LogP contribution is -2.08. The van der Waals surface area contributed by atoms with Crippen molar-refractivity contribution in [1.82, 2.24) is 14.4 Å². The van der Waals surface area contributed by atoms with Crippen molar-refractivity contribution in [1.29, 1.82) is 0 Å². The summed E-state index contributed by atoms with van der Waals surface area (Å²) in [6.45, 7) is 3.93. The van der Waals surface area contributed by atoms with Gasteiger partial charge in [-0.05, 0) is 36.6 Å². The number of hydrogen-bond acceptors (Lipinski definition) is 4. The first-order valence-corrected chi connectivity index (χ1v) is 12.0. The molecular weight excluding hydrogens is 476 g/mol. The van der Waals surface area contributed by atoms with Crippen LogP contribution in [0.1, 0.15) is 46.7 Å². The van der Waals surface area contributed by atoms with Crippen molar-refractivity contribution in [2.24, 2.45) is 0 Å². The first-order valence-electron chi connectivity index (χ1n) is 12.0. The van der Waals surface area contributed by atoms with E-state index in [9.17, 15) is 18.7 Å². The number of imidazole rings is 1. The summed E-state index contributed by atoms with van der Waals surface area (Å²) in [5, 5.41) is 9.71. The van der Waals surface area contributed by atoms with E-state index in [4.69, 9.17) is 14.4 Å². The number of carboxylic acid groups (broad SMARTS) is 1. The number of aliphatic carboxylic acids is 1. The van der Waals surface area contributed by atoms with Gasteiger partial charge in [0.25, 0.3) is 0 Å². The number of rotatable bonds is 8. The number of halogens is 2. The Morgan fingerprint density at radius 1 is 1.00 bits per heavy atom. The fourth-order valence-corrected chi connectivity index (χ4v) is 4.60. The molecule has 0 atom stereocenters. The number of carboxylic acids is 1. The van der Waals surface area contributed by atoms with Crippen LogP contribution in [0.3, 0.4) is 0 Å². The van der Waals surface area contributed by atoms with E-state index in [0.29, 0.717) is 40.6 Å². The van der Waals surface area contributed by atoms with Gasteiger partial charge in [-0.15, -0.1) is 0 Å². The Morgan fingerprint density at radius 2 is 1.78 bits per heavy atom. The largest absolute Gasteiger partial charge is 0.481 e. The number of furan rings is 1. The van der Waals surface area contributed by atoms with Crippen LogP contribution in [0, 0.1) is 18.6 Å². The lowest BCUT2D eigenvalue weighted by molar-refractivity contribution is -0.136. The maximum absolute atomic E-state index is 14.6. The van der Waals surface area contributed by atoms with Crippen LogP contribution in [0.15, 0.2) is 65.2 Å². The molecule has 37 heavy (non-hydrogen) atoms. The molecule has 0 saturated heterocycles. The first kappa shape index (κ1) is 24.4. The smallest absolute Gasteiger partial charge is 0.309 e. The molecule has 5 aromatic rings. The van der Waals surface area contributed by atoms with Crippen LogP contribution in [0.25, 0.3) is 16.9 Å². The number of nitrogens with zero attached hydrogens (tertiary/aromatic N) is 3. The van der Waals surface area contributed by atoms with Gasteiger partial charge in [0.2, 0.25) is 0 Å². The summed E-state index contributed by atoms with van der Waals surface area (Å²) >= 11 is 0. The van der Waals surface area contributed by atoms with Gasteiger partial charge in [0.05, 0.1) is 35.6 Å². The summed E-state index contributed by atoms with van der Waals surface area (Å²) in [6, 6.07) is 15.4. The van der Waals surface area contributed by atoms with E-state index >= 15 is 0 Å². The maximum Gasteiger partial charge on any atom is 0.309 e. The number of benzene rings is 2. The van der Waals surface area contributed by atoms with Crippen LogP contribution in [-0.4, -0.2) is 25.4 Å². The van der Waals surface area contributed by atoms with E-state index in [2.05, 4.69) is 0 Å². The van der Waals surface area contributed by atoms with E-state index < -0.39 is 17.6 Å². The summed E-state index contributed by atoms with van der Waals surface area (Å²) in [5.74, 6) is -1.40. The van der Waals surface area contributed by atoms with Gasteiger partial charge in [-0.2, -0.15) is 0 Å². The van der Waals surface area contributed by atoms with Crippen molar-refractivity contribution >= 4 is 11.6 Å². The third kappa shape index (κ3) is 4.87. The van der Waals surface area contributed by atoms with Crippen molar-refractivity contribution in [3.8, 4) is 11.3 Å². The molecule has 0 fully saturated rings. The number of carbonyl (C=O) groups is 1. The van der Waals surface area contributed by atoms with Gasteiger partial charge in [-0.25, -0.2) is 18.7 Å². The number of hydrogen-bond donors (Lipinski definition) is 1. The second-order valence-electron chi connectivity index (χ2n) is 8.92. The Balaban J connectivity index is 1.71. The topological polar surface area (TPSA) is 80.6 Å². The van der Waals surface area contributed by atoms with Crippen LogP contribution in [0.5, 0.6) is 0 Å². The van der Waals surface area contributed by atoms with Gasteiger partial charge in [0, 0.05) is 18.2 Å². The second kappa shape index (κ2) is 9.97. The third-order valence-electron chi connectivity index (χ3n) is 6.43. The molecule has 0 aliphatic heterocycles. The molecule has 8 heteroatoms. The van der Waals surface area contributed by atoms with Crippen LogP contribution >= 0.6 is 0 Å². The van der Waals surface area contributed by atoms with Gasteiger partial charge in [0.1, 0.15) is 11.5 Å². The zero-order valence-electron chi connectivity index (χ0n) is 20.5. The molecule has 1 N–H and O–H groups in total. The standard InChI is InChI=1S/C29H25F2N3O3/c1-3-18-12-21(37-17(18)2)14-23-26(15-27(35)36)34-16-25(19-8-5-4-6-9-19)32-24(29(34)33-23)13-20-10-7-11-22(30)28(20)31/h4-12,16H,3,13-15H2,1-2H3,(H,35,36). The zero-order valence-corrected chi connectivity index (χ0v) is 20.5. The highest BCUT2D eigenvalue weighted by Gasteiger charge is 2.22. The van der Waals surface area contributed by atoms with Crippen LogP contribution in [-0.2, 0) is 30.5 Å². The number of aromatic nitrogens is 3. The Kier molecular flexibility index (Phi) is 6.56. The fourth-order valence-electron chi connectivity index (χ4n) is 4.60. The molecule has 2 aromatic carbocycles. The third-order valence-corrected chi connectivity index (χ3v) is 6.43. The summed E-state index contributed by atoms with van der Waals surface area (Å²) in [4.78, 5) is 21.4. The highest BCUT2D eigenvalue weighted by molar-refractivity contribution is 5.71. The Bertz CT molecular complexity index is 1610. The second-order valence-corrected chi connectivity index (χ2v) is 8.92. The molecule has 0 amide bonds. The molecule has 6 nitrogen and oxygen atoms in total. The summed E-state index contributed by atoms with van der Waals surface area (Å²) in [7, 11) is 0. The van der Waals surface area contributed by atoms with Gasteiger partial charge >= 0.3 is 5.97 Å². The predicted octanol–water partition coefficient (Wildman–Crippen LogP) is 5.95.